The van der Waals surface area contributed by atoms with Gasteiger partial charge in [0.1, 0.15) is 0 Å². The Kier molecular flexibility index (Phi) is 11.3. The highest BCUT2D eigenvalue weighted by Crippen LogP contribution is 2.31. The zero-order chi connectivity index (χ0) is 26.8. The molecule has 0 spiro atoms. The second-order valence-electron chi connectivity index (χ2n) is 10.1. The van der Waals surface area contributed by atoms with Gasteiger partial charge in [0.05, 0.1) is 20.3 Å². The first-order chi connectivity index (χ1) is 17.9. The molecule has 1 saturated carbocycles. The summed E-state index contributed by atoms with van der Waals surface area (Å²) in [5.41, 5.74) is 0.591. The van der Waals surface area contributed by atoms with Gasteiger partial charge in [-0.1, -0.05) is 0 Å². The molecular formula is C28H45N3O6. The SMILES string of the molecule is CCOC(=O)N(CCC1CCC(N(C(=O)c2ccc(OC)c(OCCCOC)c2)C(C)C)CN1)C1CC1. The number of benzene rings is 1. The van der Waals surface area contributed by atoms with Gasteiger partial charge in [0, 0.05) is 63.0 Å². The molecule has 1 saturated heterocycles. The number of methoxy groups -OCH3 is 2. The largest absolute Gasteiger partial charge is 0.493 e. The summed E-state index contributed by atoms with van der Waals surface area (Å²) < 4.78 is 21.7. The number of carbonyl (C=O) groups excluding carboxylic acids is 2. The topological polar surface area (TPSA) is 89.6 Å². The number of carbonyl (C=O) groups is 2. The first-order valence-corrected chi connectivity index (χ1v) is 13.7. The molecule has 1 heterocycles. The van der Waals surface area contributed by atoms with E-state index in [0.29, 0.717) is 55.5 Å². The number of rotatable bonds is 14. The summed E-state index contributed by atoms with van der Waals surface area (Å²) in [6.45, 7) is 8.89. The van der Waals surface area contributed by atoms with Crippen molar-refractivity contribution in [3.05, 3.63) is 23.8 Å². The van der Waals surface area contributed by atoms with E-state index < -0.39 is 0 Å². The molecule has 0 radical (unpaired) electrons. The van der Waals surface area contributed by atoms with Crippen LogP contribution in [0.2, 0.25) is 0 Å². The van der Waals surface area contributed by atoms with E-state index in [1.165, 1.54) is 0 Å². The summed E-state index contributed by atoms with van der Waals surface area (Å²) in [5.74, 6) is 1.17. The molecule has 37 heavy (non-hydrogen) atoms. The molecule has 2 fully saturated rings. The van der Waals surface area contributed by atoms with Crippen LogP contribution in [0.4, 0.5) is 4.79 Å². The van der Waals surface area contributed by atoms with E-state index >= 15 is 0 Å². The molecule has 1 aliphatic heterocycles. The highest BCUT2D eigenvalue weighted by atomic mass is 16.6. The van der Waals surface area contributed by atoms with Crippen molar-refractivity contribution in [1.29, 1.82) is 0 Å². The molecule has 3 rings (SSSR count). The predicted octanol–water partition coefficient (Wildman–Crippen LogP) is 4.09. The number of amides is 2. The molecule has 2 aliphatic rings. The molecule has 208 valence electrons. The summed E-state index contributed by atoms with van der Waals surface area (Å²) in [6, 6.07) is 6.19. The predicted molar refractivity (Wildman–Crippen MR) is 142 cm³/mol. The van der Waals surface area contributed by atoms with Crippen molar-refractivity contribution < 1.29 is 28.5 Å². The first kappa shape index (κ1) is 29.0. The van der Waals surface area contributed by atoms with Crippen LogP contribution in [0.3, 0.4) is 0 Å². The molecule has 2 unspecified atom stereocenters. The number of ether oxygens (including phenoxy) is 4. The van der Waals surface area contributed by atoms with Gasteiger partial charge in [-0.15, -0.1) is 0 Å². The standard InChI is InChI=1S/C28H45N3O6/c1-6-36-28(33)30(23-11-12-23)15-14-22-9-10-24(19-29-22)31(20(2)3)27(32)21-8-13-25(35-5)26(18-21)37-17-7-16-34-4/h8,13,18,20,22-24,29H,6-7,9-12,14-17,19H2,1-5H3. The third kappa shape index (κ3) is 8.23. The molecule has 1 aromatic rings. The van der Waals surface area contributed by atoms with E-state index in [-0.39, 0.29) is 24.1 Å². The molecule has 1 N–H and O–H groups in total. The number of hydrogen-bond acceptors (Lipinski definition) is 7. The maximum Gasteiger partial charge on any atom is 0.409 e. The van der Waals surface area contributed by atoms with E-state index in [1.54, 1.807) is 32.4 Å². The number of piperidine rings is 1. The summed E-state index contributed by atoms with van der Waals surface area (Å²) in [4.78, 5) is 29.8. The van der Waals surface area contributed by atoms with E-state index in [4.69, 9.17) is 18.9 Å². The van der Waals surface area contributed by atoms with Crippen molar-refractivity contribution in [2.45, 2.75) is 83.5 Å². The van der Waals surface area contributed by atoms with Crippen LogP contribution in [0.15, 0.2) is 18.2 Å². The maximum absolute atomic E-state index is 13.7. The van der Waals surface area contributed by atoms with Crippen LogP contribution in [0.5, 0.6) is 11.5 Å². The highest BCUT2D eigenvalue weighted by Gasteiger charge is 2.35. The molecule has 9 heteroatoms. The normalized spacial score (nSPS) is 19.4. The van der Waals surface area contributed by atoms with Gasteiger partial charge in [-0.25, -0.2) is 4.79 Å². The second-order valence-corrected chi connectivity index (χ2v) is 10.1. The third-order valence-corrected chi connectivity index (χ3v) is 7.04. The fraction of sp³-hybridized carbons (Fsp3) is 0.714. The Morgan fingerprint density at radius 3 is 2.41 bits per heavy atom. The smallest absolute Gasteiger partial charge is 0.409 e. The van der Waals surface area contributed by atoms with Crippen molar-refractivity contribution in [3.8, 4) is 11.5 Å². The number of nitrogens with zero attached hydrogens (tertiary/aromatic N) is 2. The van der Waals surface area contributed by atoms with Gasteiger partial charge >= 0.3 is 6.09 Å². The van der Waals surface area contributed by atoms with Crippen LogP contribution in [0.25, 0.3) is 0 Å². The van der Waals surface area contributed by atoms with Gasteiger partial charge in [0.2, 0.25) is 0 Å². The molecule has 1 aliphatic carbocycles. The fourth-order valence-corrected chi connectivity index (χ4v) is 4.97. The zero-order valence-corrected chi connectivity index (χ0v) is 23.2. The summed E-state index contributed by atoms with van der Waals surface area (Å²) in [6.07, 6.45) is 5.45. The third-order valence-electron chi connectivity index (χ3n) is 7.04. The van der Waals surface area contributed by atoms with Crippen molar-refractivity contribution in [2.75, 3.05) is 47.1 Å². The average molecular weight is 520 g/mol. The van der Waals surface area contributed by atoms with Gasteiger partial charge in [-0.3, -0.25) is 4.79 Å². The lowest BCUT2D eigenvalue weighted by atomic mass is 9.95. The lowest BCUT2D eigenvalue weighted by molar-refractivity contribution is 0.0546. The Bertz CT molecular complexity index is 867. The molecular weight excluding hydrogens is 474 g/mol. The Hall–Kier alpha value is -2.52. The van der Waals surface area contributed by atoms with Gasteiger partial charge in [-0.05, 0) is 71.1 Å². The summed E-state index contributed by atoms with van der Waals surface area (Å²) in [7, 11) is 3.26. The molecule has 0 bridgehead atoms. The highest BCUT2D eigenvalue weighted by molar-refractivity contribution is 5.95. The Morgan fingerprint density at radius 1 is 1.05 bits per heavy atom. The van der Waals surface area contributed by atoms with Crippen molar-refractivity contribution in [1.82, 2.24) is 15.1 Å². The van der Waals surface area contributed by atoms with E-state index in [0.717, 1.165) is 45.1 Å². The van der Waals surface area contributed by atoms with Gasteiger partial charge in [0.15, 0.2) is 11.5 Å². The number of hydrogen-bond donors (Lipinski definition) is 1. The van der Waals surface area contributed by atoms with E-state index in [9.17, 15) is 9.59 Å². The van der Waals surface area contributed by atoms with Gasteiger partial charge in [0.25, 0.3) is 5.91 Å². The summed E-state index contributed by atoms with van der Waals surface area (Å²) >= 11 is 0. The van der Waals surface area contributed by atoms with Crippen molar-refractivity contribution in [2.24, 2.45) is 0 Å². The minimum Gasteiger partial charge on any atom is -0.493 e. The van der Waals surface area contributed by atoms with Crippen LogP contribution >= 0.6 is 0 Å². The molecule has 2 amide bonds. The minimum absolute atomic E-state index is 0.00753. The van der Waals surface area contributed by atoms with E-state index in [2.05, 4.69) is 19.2 Å². The summed E-state index contributed by atoms with van der Waals surface area (Å²) in [5, 5.41) is 3.64. The minimum atomic E-state index is -0.197. The molecule has 9 nitrogen and oxygen atoms in total. The van der Waals surface area contributed by atoms with Crippen molar-refractivity contribution in [3.63, 3.8) is 0 Å². The monoisotopic (exact) mass is 519 g/mol. The van der Waals surface area contributed by atoms with E-state index in [1.807, 2.05) is 16.7 Å². The first-order valence-electron chi connectivity index (χ1n) is 13.7. The van der Waals surface area contributed by atoms with Crippen molar-refractivity contribution >= 4 is 12.0 Å². The van der Waals surface area contributed by atoms with Crippen LogP contribution < -0.4 is 14.8 Å². The Labute approximate surface area is 221 Å². The van der Waals surface area contributed by atoms with Crippen LogP contribution in [0.1, 0.15) is 69.7 Å². The second kappa shape index (κ2) is 14.4. The number of nitrogens with one attached hydrogen (secondary N) is 1. The molecule has 0 aromatic heterocycles. The lowest BCUT2D eigenvalue weighted by Crippen LogP contribution is -2.54. The van der Waals surface area contributed by atoms with Crippen LogP contribution in [-0.2, 0) is 9.47 Å². The maximum atomic E-state index is 13.7. The fourth-order valence-electron chi connectivity index (χ4n) is 4.97. The van der Waals surface area contributed by atoms with Gasteiger partial charge in [-0.2, -0.15) is 0 Å². The van der Waals surface area contributed by atoms with Crippen LogP contribution in [0, 0.1) is 0 Å². The Morgan fingerprint density at radius 2 is 1.81 bits per heavy atom. The van der Waals surface area contributed by atoms with Crippen LogP contribution in [-0.4, -0.2) is 93.1 Å². The Balaban J connectivity index is 1.58. The lowest BCUT2D eigenvalue weighted by Gasteiger charge is -2.40. The zero-order valence-electron chi connectivity index (χ0n) is 23.2. The van der Waals surface area contributed by atoms with Gasteiger partial charge < -0.3 is 34.1 Å². The molecule has 2 atom stereocenters. The quantitative estimate of drug-likeness (QED) is 0.370. The average Bonchev–Trinajstić information content (AvgIpc) is 3.73. The molecule has 1 aromatic carbocycles.